The molecule has 0 spiro atoms. The SMILES string of the molecule is CCC(=CC1=CC=CCC1NCCN)CNCC1CCN(C)CC1. The van der Waals surface area contributed by atoms with Gasteiger partial charge >= 0.3 is 0 Å². The van der Waals surface area contributed by atoms with E-state index in [-0.39, 0.29) is 0 Å². The number of likely N-dealkylation sites (tertiary alicyclic amines) is 1. The Bertz CT molecular complexity index is 445. The van der Waals surface area contributed by atoms with Crippen molar-refractivity contribution in [3.63, 3.8) is 0 Å². The highest BCUT2D eigenvalue weighted by molar-refractivity contribution is 5.35. The third kappa shape index (κ3) is 6.52. The highest BCUT2D eigenvalue weighted by Gasteiger charge is 2.16. The fourth-order valence-corrected chi connectivity index (χ4v) is 3.47. The van der Waals surface area contributed by atoms with Gasteiger partial charge in [0.05, 0.1) is 0 Å². The fourth-order valence-electron chi connectivity index (χ4n) is 3.47. The van der Waals surface area contributed by atoms with E-state index in [1.54, 1.807) is 0 Å². The first-order valence-electron chi connectivity index (χ1n) is 9.61. The lowest BCUT2D eigenvalue weighted by molar-refractivity contribution is 0.217. The molecule has 136 valence electrons. The van der Waals surface area contributed by atoms with E-state index in [1.165, 1.54) is 37.1 Å². The van der Waals surface area contributed by atoms with E-state index in [9.17, 15) is 0 Å². The van der Waals surface area contributed by atoms with Crippen molar-refractivity contribution in [3.05, 3.63) is 35.5 Å². The lowest BCUT2D eigenvalue weighted by Gasteiger charge is -2.29. The number of nitrogens with zero attached hydrogens (tertiary/aromatic N) is 1. The quantitative estimate of drug-likeness (QED) is 0.605. The lowest BCUT2D eigenvalue weighted by atomic mass is 9.95. The summed E-state index contributed by atoms with van der Waals surface area (Å²) in [5, 5.41) is 7.24. The summed E-state index contributed by atoms with van der Waals surface area (Å²) in [6, 6.07) is 0.411. The molecule has 24 heavy (non-hydrogen) atoms. The predicted molar refractivity (Wildman–Crippen MR) is 104 cm³/mol. The highest BCUT2D eigenvalue weighted by Crippen LogP contribution is 2.18. The molecule has 0 aromatic heterocycles. The molecule has 0 saturated carbocycles. The van der Waals surface area contributed by atoms with Crippen LogP contribution >= 0.6 is 0 Å². The van der Waals surface area contributed by atoms with Crippen LogP contribution in [0.3, 0.4) is 0 Å². The van der Waals surface area contributed by atoms with E-state index in [2.05, 4.69) is 53.8 Å². The molecule has 0 radical (unpaired) electrons. The average molecular weight is 333 g/mol. The van der Waals surface area contributed by atoms with E-state index in [0.717, 1.165) is 38.4 Å². The summed E-state index contributed by atoms with van der Waals surface area (Å²) >= 11 is 0. The summed E-state index contributed by atoms with van der Waals surface area (Å²) in [6.07, 6.45) is 13.9. The predicted octanol–water partition coefficient (Wildman–Crippen LogP) is 2.06. The van der Waals surface area contributed by atoms with E-state index in [4.69, 9.17) is 5.73 Å². The van der Waals surface area contributed by atoms with Crippen LogP contribution in [-0.4, -0.2) is 57.3 Å². The molecule has 1 aliphatic heterocycles. The summed E-state index contributed by atoms with van der Waals surface area (Å²) in [7, 11) is 2.23. The van der Waals surface area contributed by atoms with Crippen molar-refractivity contribution in [1.82, 2.24) is 15.5 Å². The first kappa shape index (κ1) is 19.4. The van der Waals surface area contributed by atoms with Gasteiger partial charge in [0.2, 0.25) is 0 Å². The molecule has 4 heteroatoms. The molecule has 4 N–H and O–H groups in total. The second-order valence-electron chi connectivity index (χ2n) is 7.16. The minimum absolute atomic E-state index is 0.411. The van der Waals surface area contributed by atoms with Crippen LogP contribution in [0.1, 0.15) is 32.6 Å². The highest BCUT2D eigenvalue weighted by atomic mass is 15.1. The van der Waals surface area contributed by atoms with Gasteiger partial charge in [0.15, 0.2) is 0 Å². The standard InChI is InChI=1S/C20H36N4/c1-3-17(15-22-16-18-8-12-24(2)13-9-18)14-19-6-4-5-7-20(19)23-11-10-21/h4-6,14,18,20,22-23H,3,7-13,15-16,21H2,1-2H3. The van der Waals surface area contributed by atoms with Crippen molar-refractivity contribution in [2.24, 2.45) is 11.7 Å². The maximum atomic E-state index is 5.64. The van der Waals surface area contributed by atoms with E-state index in [0.29, 0.717) is 12.6 Å². The second kappa shape index (κ2) is 10.8. The molecule has 1 saturated heterocycles. The van der Waals surface area contributed by atoms with Crippen LogP contribution in [0.5, 0.6) is 0 Å². The monoisotopic (exact) mass is 332 g/mol. The number of nitrogens with two attached hydrogens (primary N) is 1. The van der Waals surface area contributed by atoms with Gasteiger partial charge in [-0.25, -0.2) is 0 Å². The molecule has 0 bridgehead atoms. The summed E-state index contributed by atoms with van der Waals surface area (Å²) in [4.78, 5) is 2.44. The summed E-state index contributed by atoms with van der Waals surface area (Å²) in [5.41, 5.74) is 8.52. The van der Waals surface area contributed by atoms with Crippen LogP contribution in [0.2, 0.25) is 0 Å². The largest absolute Gasteiger partial charge is 0.329 e. The first-order valence-corrected chi connectivity index (χ1v) is 9.61. The van der Waals surface area contributed by atoms with Crippen molar-refractivity contribution < 1.29 is 0 Å². The Labute approximate surface area is 148 Å². The van der Waals surface area contributed by atoms with Crippen LogP contribution in [0, 0.1) is 5.92 Å². The molecule has 1 fully saturated rings. The fraction of sp³-hybridized carbons (Fsp3) is 0.700. The molecule has 1 aliphatic carbocycles. The van der Waals surface area contributed by atoms with Gasteiger partial charge in [0, 0.05) is 25.7 Å². The zero-order valence-corrected chi connectivity index (χ0v) is 15.6. The molecular weight excluding hydrogens is 296 g/mol. The van der Waals surface area contributed by atoms with Gasteiger partial charge < -0.3 is 21.3 Å². The number of rotatable bonds is 9. The minimum atomic E-state index is 0.411. The van der Waals surface area contributed by atoms with Gasteiger partial charge in [-0.2, -0.15) is 0 Å². The van der Waals surface area contributed by atoms with Gasteiger partial charge in [-0.3, -0.25) is 0 Å². The Morgan fingerprint density at radius 3 is 2.88 bits per heavy atom. The minimum Gasteiger partial charge on any atom is -0.329 e. The van der Waals surface area contributed by atoms with Crippen LogP contribution < -0.4 is 16.4 Å². The molecule has 1 atom stereocenters. The van der Waals surface area contributed by atoms with Crippen LogP contribution in [0.15, 0.2) is 35.5 Å². The Morgan fingerprint density at radius 1 is 1.38 bits per heavy atom. The molecule has 0 aromatic carbocycles. The third-order valence-corrected chi connectivity index (χ3v) is 5.18. The van der Waals surface area contributed by atoms with Crippen LogP contribution in [0.4, 0.5) is 0 Å². The van der Waals surface area contributed by atoms with Crippen molar-refractivity contribution >= 4 is 0 Å². The summed E-state index contributed by atoms with van der Waals surface area (Å²) in [6.45, 7) is 8.47. The number of nitrogens with one attached hydrogen (secondary N) is 2. The Kier molecular flexibility index (Phi) is 8.75. The van der Waals surface area contributed by atoms with Gasteiger partial charge in [-0.05, 0) is 63.9 Å². The van der Waals surface area contributed by atoms with Crippen molar-refractivity contribution in [1.29, 1.82) is 0 Å². The van der Waals surface area contributed by atoms with E-state index in [1.807, 2.05) is 0 Å². The molecule has 0 aromatic rings. The zero-order valence-electron chi connectivity index (χ0n) is 15.6. The second-order valence-corrected chi connectivity index (χ2v) is 7.16. The zero-order chi connectivity index (χ0) is 17.2. The summed E-state index contributed by atoms with van der Waals surface area (Å²) in [5.74, 6) is 0.843. The maximum absolute atomic E-state index is 5.64. The summed E-state index contributed by atoms with van der Waals surface area (Å²) < 4.78 is 0. The smallest absolute Gasteiger partial charge is 0.0355 e. The molecule has 2 aliphatic rings. The van der Waals surface area contributed by atoms with Crippen molar-refractivity contribution in [3.8, 4) is 0 Å². The van der Waals surface area contributed by atoms with Gasteiger partial charge in [-0.15, -0.1) is 0 Å². The van der Waals surface area contributed by atoms with Gasteiger partial charge in [-0.1, -0.05) is 36.8 Å². The van der Waals surface area contributed by atoms with Gasteiger partial charge in [0.1, 0.15) is 0 Å². The molecule has 1 unspecified atom stereocenters. The number of hydrogen-bond acceptors (Lipinski definition) is 4. The Hall–Kier alpha value is -0.940. The average Bonchev–Trinajstić information content (AvgIpc) is 2.61. The van der Waals surface area contributed by atoms with Crippen LogP contribution in [0.25, 0.3) is 0 Å². The maximum Gasteiger partial charge on any atom is 0.0355 e. The molecule has 4 nitrogen and oxygen atoms in total. The van der Waals surface area contributed by atoms with Crippen molar-refractivity contribution in [2.45, 2.75) is 38.6 Å². The molecule has 0 amide bonds. The van der Waals surface area contributed by atoms with Crippen molar-refractivity contribution in [2.75, 3.05) is 46.3 Å². The normalized spacial score (nSPS) is 23.5. The lowest BCUT2D eigenvalue weighted by Crippen LogP contribution is -2.36. The molecular formula is C20H36N4. The van der Waals surface area contributed by atoms with E-state index >= 15 is 0 Å². The van der Waals surface area contributed by atoms with Gasteiger partial charge in [0.25, 0.3) is 0 Å². The third-order valence-electron chi connectivity index (χ3n) is 5.18. The molecule has 2 rings (SSSR count). The van der Waals surface area contributed by atoms with E-state index < -0.39 is 0 Å². The topological polar surface area (TPSA) is 53.3 Å². The number of hydrogen-bond donors (Lipinski definition) is 3. The number of allylic oxidation sites excluding steroid dienone is 2. The molecule has 1 heterocycles. The van der Waals surface area contributed by atoms with Crippen LogP contribution in [-0.2, 0) is 0 Å². The Morgan fingerprint density at radius 2 is 2.17 bits per heavy atom. The number of piperidine rings is 1. The first-order chi connectivity index (χ1) is 11.7. The Balaban J connectivity index is 1.81.